The summed E-state index contributed by atoms with van der Waals surface area (Å²) in [4.78, 5) is 62.4. The van der Waals surface area contributed by atoms with Crippen LogP contribution in [0, 0.1) is 44.6 Å². The van der Waals surface area contributed by atoms with Crippen LogP contribution in [0.3, 0.4) is 0 Å². The fraction of sp³-hybridized carbons (Fsp3) is 0.500. The highest BCUT2D eigenvalue weighted by molar-refractivity contribution is 5.89. The molecule has 0 aliphatic heterocycles. The van der Waals surface area contributed by atoms with Gasteiger partial charge in [-0.2, -0.15) is 15.0 Å². The Morgan fingerprint density at radius 1 is 0.717 bits per heavy atom. The summed E-state index contributed by atoms with van der Waals surface area (Å²) in [6.45, 7) is 5.65. The number of ketones is 2. The third-order valence-electron chi connectivity index (χ3n) is 15.2. The van der Waals surface area contributed by atoms with E-state index in [2.05, 4.69) is 52.0 Å². The van der Waals surface area contributed by atoms with Crippen molar-refractivity contribution < 1.29 is 34.0 Å². The number of carbonyl (C=O) groups excluding carboxylic acids is 3. The lowest BCUT2D eigenvalue weighted by Crippen LogP contribution is -2.42. The molecule has 14 nitrogen and oxygen atoms in total. The number of hydrogen-bond donors (Lipinski definition) is 1. The lowest BCUT2D eigenvalue weighted by atomic mass is 9.55. The van der Waals surface area contributed by atoms with Gasteiger partial charge in [0, 0.05) is 30.6 Å². The van der Waals surface area contributed by atoms with E-state index in [0.29, 0.717) is 63.6 Å². The van der Waals surface area contributed by atoms with Crippen molar-refractivity contribution in [3.63, 3.8) is 0 Å². The first kappa shape index (κ1) is 39.8. The number of ether oxygens (including phenoxy) is 2. The van der Waals surface area contributed by atoms with Gasteiger partial charge < -0.3 is 9.47 Å². The van der Waals surface area contributed by atoms with Crippen LogP contribution in [0.2, 0.25) is 0 Å². The third-order valence-corrected chi connectivity index (χ3v) is 15.2. The minimum absolute atomic E-state index is 0.0992. The molecule has 1 amide bonds. The van der Waals surface area contributed by atoms with E-state index in [-0.39, 0.29) is 34.2 Å². The van der Waals surface area contributed by atoms with E-state index in [1.165, 1.54) is 41.6 Å². The Kier molecular flexibility index (Phi) is 10.2. The zero-order valence-corrected chi connectivity index (χ0v) is 34.2. The molecule has 0 radical (unpaired) electrons. The van der Waals surface area contributed by atoms with Crippen LogP contribution in [0.25, 0.3) is 0 Å². The van der Waals surface area contributed by atoms with Gasteiger partial charge in [0.1, 0.15) is 41.1 Å². The average Bonchev–Trinajstić information content (AvgIpc) is 3.73. The Morgan fingerprint density at radius 2 is 1.17 bits per heavy atom. The van der Waals surface area contributed by atoms with Crippen molar-refractivity contribution in [1.29, 1.82) is 0 Å². The van der Waals surface area contributed by atoms with Gasteiger partial charge in [0.25, 0.3) is 0 Å². The molecule has 2 aromatic carbocycles. The molecule has 8 atom stereocenters. The molecule has 312 valence electrons. The number of anilines is 1. The van der Waals surface area contributed by atoms with Crippen molar-refractivity contribution in [1.82, 2.24) is 19.9 Å². The van der Waals surface area contributed by atoms with E-state index in [4.69, 9.17) is 9.47 Å². The van der Waals surface area contributed by atoms with E-state index >= 15 is 0 Å². The van der Waals surface area contributed by atoms with Gasteiger partial charge in [-0.1, -0.05) is 26.0 Å². The quantitative estimate of drug-likeness (QED) is 0.111. The minimum atomic E-state index is -0.536. The summed E-state index contributed by atoms with van der Waals surface area (Å²) in [6, 6.07) is 12.6. The summed E-state index contributed by atoms with van der Waals surface area (Å²) >= 11 is 0. The number of carbonyl (C=O) groups is 3. The Balaban J connectivity index is 0.000000154. The highest BCUT2D eigenvalue weighted by Crippen LogP contribution is 2.61. The zero-order valence-electron chi connectivity index (χ0n) is 34.2. The van der Waals surface area contributed by atoms with Gasteiger partial charge in [-0.15, -0.1) is 0 Å². The van der Waals surface area contributed by atoms with Gasteiger partial charge >= 0.3 is 17.7 Å². The first-order valence-corrected chi connectivity index (χ1v) is 21.3. The molecule has 6 aliphatic rings. The number of aryl methyl sites for hydroxylation is 2. The molecule has 4 saturated carbocycles. The zero-order chi connectivity index (χ0) is 41.9. The molecule has 2 aromatic heterocycles. The largest absolute Gasteiger partial charge is 0.424 e. The number of rotatable bonds is 6. The van der Waals surface area contributed by atoms with Crippen molar-refractivity contribution in [2.45, 2.75) is 110 Å². The van der Waals surface area contributed by atoms with Crippen LogP contribution in [-0.4, -0.2) is 47.5 Å². The maximum absolute atomic E-state index is 12.5. The molecule has 4 fully saturated rings. The summed E-state index contributed by atoms with van der Waals surface area (Å²) in [5.41, 5.74) is 5.21. The van der Waals surface area contributed by atoms with Gasteiger partial charge in [0.15, 0.2) is 0 Å². The van der Waals surface area contributed by atoms with E-state index in [0.717, 1.165) is 89.4 Å². The summed E-state index contributed by atoms with van der Waals surface area (Å²) in [5.74, 6) is 5.04. The summed E-state index contributed by atoms with van der Waals surface area (Å²) in [7, 11) is 0. The van der Waals surface area contributed by atoms with Crippen LogP contribution in [0.15, 0.2) is 61.2 Å². The van der Waals surface area contributed by atoms with Crippen LogP contribution in [0.1, 0.15) is 119 Å². The topological polar surface area (TPSA) is 188 Å². The van der Waals surface area contributed by atoms with Crippen molar-refractivity contribution in [3.05, 3.63) is 93.6 Å². The van der Waals surface area contributed by atoms with Crippen LogP contribution in [0.5, 0.6) is 23.5 Å². The average molecular weight is 815 g/mol. The number of nitro groups is 1. The predicted octanol–water partition coefficient (Wildman–Crippen LogP) is 9.04. The predicted molar refractivity (Wildman–Crippen MR) is 218 cm³/mol. The van der Waals surface area contributed by atoms with Gasteiger partial charge in [0.2, 0.25) is 5.91 Å². The van der Waals surface area contributed by atoms with Gasteiger partial charge in [-0.05, 0) is 146 Å². The number of benzene rings is 2. The second-order valence-electron chi connectivity index (χ2n) is 18.1. The lowest BCUT2D eigenvalue weighted by Gasteiger charge is -2.48. The summed E-state index contributed by atoms with van der Waals surface area (Å²) in [5, 5.41) is 20.8. The lowest BCUT2D eigenvalue weighted by molar-refractivity contribution is -0.385. The van der Waals surface area contributed by atoms with Gasteiger partial charge in [-0.25, -0.2) is 9.97 Å². The molecule has 60 heavy (non-hydrogen) atoms. The molecule has 2 heterocycles. The Labute approximate surface area is 348 Å². The smallest absolute Gasteiger partial charge is 0.322 e. The monoisotopic (exact) mass is 814 g/mol. The van der Waals surface area contributed by atoms with Crippen molar-refractivity contribution in [2.75, 3.05) is 5.06 Å². The molecule has 14 heteroatoms. The highest BCUT2D eigenvalue weighted by atomic mass is 16.6. The highest BCUT2D eigenvalue weighted by Gasteiger charge is 2.55. The van der Waals surface area contributed by atoms with Crippen molar-refractivity contribution in [2.24, 2.45) is 34.5 Å². The SMILES string of the molecule is CC(=O)N(O)c1cnc(Oc2ccc3c(c2)CC[C@@H]2[C@@H]3CC[C@]3(C)C(=O)CC[C@@H]23)nc1.C[C@]12CC[C@@H]3c4ccc(Oc5ncc([N+](=O)[O-])cn5)cc4CC[C@H]3[C@@H]1CCC2=O. The molecular formula is C46H50N6O8. The molecule has 1 N–H and O–H groups in total. The second-order valence-corrected chi connectivity index (χ2v) is 18.1. The molecule has 0 spiro atoms. The number of aromatic nitrogens is 4. The van der Waals surface area contributed by atoms with Crippen LogP contribution < -0.4 is 14.5 Å². The molecule has 0 saturated heterocycles. The summed E-state index contributed by atoms with van der Waals surface area (Å²) < 4.78 is 11.5. The van der Waals surface area contributed by atoms with Crippen LogP contribution in [-0.2, 0) is 27.2 Å². The van der Waals surface area contributed by atoms with Crippen molar-refractivity contribution >= 4 is 28.8 Å². The third kappa shape index (κ3) is 7.01. The number of fused-ring (bicyclic) bond motifs is 10. The molecule has 6 aliphatic carbocycles. The fourth-order valence-electron chi connectivity index (χ4n) is 12.1. The molecule has 0 bridgehead atoms. The van der Waals surface area contributed by atoms with Crippen molar-refractivity contribution in [3.8, 4) is 23.5 Å². The number of amides is 1. The Morgan fingerprint density at radius 3 is 1.60 bits per heavy atom. The Hall–Kier alpha value is -5.63. The molecule has 10 rings (SSSR count). The second kappa shape index (κ2) is 15.4. The van der Waals surface area contributed by atoms with Gasteiger partial charge in [-0.3, -0.25) is 29.7 Å². The number of Topliss-reactive ketones (excluding diaryl/α,β-unsaturated/α-hetero) is 2. The maximum Gasteiger partial charge on any atom is 0.322 e. The maximum atomic E-state index is 12.5. The van der Waals surface area contributed by atoms with E-state index < -0.39 is 10.8 Å². The number of nitrogens with zero attached hydrogens (tertiary/aromatic N) is 6. The van der Waals surface area contributed by atoms with E-state index in [1.807, 2.05) is 18.2 Å². The molecular weight excluding hydrogens is 765 g/mol. The first-order chi connectivity index (χ1) is 28.8. The Bertz CT molecular complexity index is 2360. The molecule has 0 unspecified atom stereocenters. The molecule has 4 aromatic rings. The minimum Gasteiger partial charge on any atom is -0.424 e. The standard InChI is InChI=1S/C24H27N3O4.C22H23N3O4/c1-14(28)27(30)16-12-25-23(26-13-16)31-17-4-6-18-15(11-17)3-5-20-19(18)9-10-24(2)21(20)7-8-22(24)29;1-22-9-8-17-16-5-3-15(29-21-23-11-14(12-24-21)25(27)28)10-13(16)2-4-18(17)19(22)6-7-20(22)26/h4,6,11-13,19-21,30H,3,5,7-10H2,1-2H3;3,5,10-12,17-19H,2,4,6-9H2,1H3/t19-,20-,21+,24+;17-,18-,19+,22+/m11/s1. The fourth-order valence-corrected chi connectivity index (χ4v) is 12.1. The summed E-state index contributed by atoms with van der Waals surface area (Å²) in [6.07, 6.45) is 16.9. The van der Waals surface area contributed by atoms with Crippen LogP contribution in [0.4, 0.5) is 11.4 Å². The van der Waals surface area contributed by atoms with Gasteiger partial charge in [0.05, 0.1) is 17.3 Å². The van der Waals surface area contributed by atoms with E-state index in [9.17, 15) is 29.7 Å². The van der Waals surface area contributed by atoms with Crippen LogP contribution >= 0.6 is 0 Å². The normalized spacial score (nSPS) is 29.6. The number of hydrogen-bond acceptors (Lipinski definition) is 12. The van der Waals surface area contributed by atoms with E-state index in [1.54, 1.807) is 0 Å². The number of hydroxylamine groups is 1. The first-order valence-electron chi connectivity index (χ1n) is 21.3.